The summed E-state index contributed by atoms with van der Waals surface area (Å²) in [6, 6.07) is 1.55. The zero-order chi connectivity index (χ0) is 8.43. The van der Waals surface area contributed by atoms with Crippen molar-refractivity contribution in [1.82, 2.24) is 9.97 Å². The first-order valence-corrected chi connectivity index (χ1v) is 3.64. The average molecular weight is 156 g/mol. The van der Waals surface area contributed by atoms with Crippen molar-refractivity contribution in [3.8, 4) is 5.88 Å². The Morgan fingerprint density at radius 2 is 2.00 bits per heavy atom. The zero-order valence-electron chi connectivity index (χ0n) is 7.00. The standard InChI is InChI=1S/C8H12N2O/c1-5(2)8-9-6(3)4-7(11)10-8/h4-5H,1-3H3,(H,9,10,11)/i4+1,6+1,7+1,8+1. The molecule has 0 atom stereocenters. The number of rotatable bonds is 1. The summed E-state index contributed by atoms with van der Waals surface area (Å²) < 4.78 is 0. The molecular formula is C8H12N2O. The fourth-order valence-corrected chi connectivity index (χ4v) is 0.833. The molecule has 1 heterocycles. The lowest BCUT2D eigenvalue weighted by Gasteiger charge is -2.03. The maximum atomic E-state index is 9.09. The van der Waals surface area contributed by atoms with E-state index in [1.165, 1.54) is 0 Å². The predicted octanol–water partition coefficient (Wildman–Crippen LogP) is 1.61. The fraction of sp³-hybridized carbons (Fsp3) is 0.500. The topological polar surface area (TPSA) is 46.0 Å². The lowest BCUT2D eigenvalue weighted by molar-refractivity contribution is 0.446. The Kier molecular flexibility index (Phi) is 2.08. The summed E-state index contributed by atoms with van der Waals surface area (Å²) in [5.74, 6) is 1.02. The summed E-state index contributed by atoms with van der Waals surface area (Å²) >= 11 is 0. The third-order valence-electron chi connectivity index (χ3n) is 1.37. The quantitative estimate of drug-likeness (QED) is 0.671. The van der Waals surface area contributed by atoms with Gasteiger partial charge in [-0.1, -0.05) is 13.8 Å². The molecule has 3 nitrogen and oxygen atoms in total. The van der Waals surface area contributed by atoms with Gasteiger partial charge in [0, 0.05) is 17.7 Å². The lowest BCUT2D eigenvalue weighted by Crippen LogP contribution is -1.98. The molecule has 0 fully saturated rings. The molecule has 0 saturated heterocycles. The van der Waals surface area contributed by atoms with E-state index >= 15 is 0 Å². The van der Waals surface area contributed by atoms with Gasteiger partial charge in [0.15, 0.2) is 0 Å². The van der Waals surface area contributed by atoms with Crippen LogP contribution in [-0.4, -0.2) is 15.1 Å². The Morgan fingerprint density at radius 1 is 1.36 bits per heavy atom. The summed E-state index contributed by atoms with van der Waals surface area (Å²) in [6.45, 7) is 5.83. The smallest absolute Gasteiger partial charge is 0.214 e. The van der Waals surface area contributed by atoms with Gasteiger partial charge in [0.1, 0.15) is 5.82 Å². The van der Waals surface area contributed by atoms with E-state index in [1.807, 2.05) is 20.8 Å². The van der Waals surface area contributed by atoms with Crippen molar-refractivity contribution in [2.24, 2.45) is 0 Å². The highest BCUT2D eigenvalue weighted by Gasteiger charge is 2.04. The largest absolute Gasteiger partial charge is 0.493 e. The van der Waals surface area contributed by atoms with Crippen LogP contribution in [0.4, 0.5) is 0 Å². The van der Waals surface area contributed by atoms with Crippen LogP contribution < -0.4 is 0 Å². The Hall–Kier alpha value is -1.12. The lowest BCUT2D eigenvalue weighted by atomic mass is 10.4. The molecular weight excluding hydrogens is 144 g/mol. The van der Waals surface area contributed by atoms with Crippen molar-refractivity contribution in [3.63, 3.8) is 0 Å². The second-order valence-corrected chi connectivity index (χ2v) is 2.88. The van der Waals surface area contributed by atoms with E-state index in [0.717, 1.165) is 5.69 Å². The second-order valence-electron chi connectivity index (χ2n) is 2.88. The Balaban J connectivity index is 3.08. The molecule has 0 aliphatic heterocycles. The van der Waals surface area contributed by atoms with Gasteiger partial charge in [-0.3, -0.25) is 0 Å². The molecule has 0 aromatic carbocycles. The van der Waals surface area contributed by atoms with Crippen molar-refractivity contribution in [2.45, 2.75) is 26.7 Å². The van der Waals surface area contributed by atoms with Crippen LogP contribution in [0.15, 0.2) is 6.07 Å². The fourth-order valence-electron chi connectivity index (χ4n) is 0.833. The molecule has 0 aliphatic carbocycles. The summed E-state index contributed by atoms with van der Waals surface area (Å²) in [4.78, 5) is 8.04. The van der Waals surface area contributed by atoms with Gasteiger partial charge in [-0.05, 0) is 6.92 Å². The van der Waals surface area contributed by atoms with Crippen molar-refractivity contribution < 1.29 is 5.11 Å². The minimum Gasteiger partial charge on any atom is -0.493 e. The van der Waals surface area contributed by atoms with Gasteiger partial charge in [0.05, 0.1) is 0 Å². The van der Waals surface area contributed by atoms with E-state index in [0.29, 0.717) is 5.82 Å². The van der Waals surface area contributed by atoms with E-state index in [4.69, 9.17) is 5.11 Å². The maximum absolute atomic E-state index is 9.09. The first-order valence-electron chi connectivity index (χ1n) is 3.64. The number of aryl methyl sites for hydroxylation is 1. The minimum absolute atomic E-state index is 0.0567. The van der Waals surface area contributed by atoms with Gasteiger partial charge < -0.3 is 5.11 Å². The minimum atomic E-state index is 0.0567. The number of aromatic hydroxyl groups is 1. The van der Waals surface area contributed by atoms with Gasteiger partial charge in [0.2, 0.25) is 5.88 Å². The molecule has 0 spiro atoms. The first kappa shape index (κ1) is 7.98. The molecule has 0 unspecified atom stereocenters. The summed E-state index contributed by atoms with van der Waals surface area (Å²) in [7, 11) is 0. The normalized spacial score (nSPS) is 10.5. The number of aromatic nitrogens is 2. The molecule has 11 heavy (non-hydrogen) atoms. The molecule has 0 radical (unpaired) electrons. The Morgan fingerprint density at radius 3 is 2.45 bits per heavy atom. The number of hydrogen-bond acceptors (Lipinski definition) is 3. The van der Waals surface area contributed by atoms with E-state index in [2.05, 4.69) is 9.97 Å². The molecule has 1 aromatic rings. The predicted molar refractivity (Wildman–Crippen MR) is 42.5 cm³/mol. The summed E-state index contributed by atoms with van der Waals surface area (Å²) in [6.07, 6.45) is 0. The van der Waals surface area contributed by atoms with Gasteiger partial charge >= 0.3 is 0 Å². The van der Waals surface area contributed by atoms with E-state index < -0.39 is 0 Å². The molecule has 0 bridgehead atoms. The van der Waals surface area contributed by atoms with Gasteiger partial charge in [-0.25, -0.2) is 4.98 Å². The van der Waals surface area contributed by atoms with Crippen LogP contribution in [-0.2, 0) is 0 Å². The van der Waals surface area contributed by atoms with Gasteiger partial charge in [-0.15, -0.1) is 0 Å². The van der Waals surface area contributed by atoms with Crippen molar-refractivity contribution in [3.05, 3.63) is 17.6 Å². The summed E-state index contributed by atoms with van der Waals surface area (Å²) in [5, 5.41) is 9.09. The van der Waals surface area contributed by atoms with Crippen LogP contribution in [0.25, 0.3) is 0 Å². The van der Waals surface area contributed by atoms with Gasteiger partial charge in [0.25, 0.3) is 0 Å². The molecule has 1 N–H and O–H groups in total. The van der Waals surface area contributed by atoms with Crippen LogP contribution in [0.5, 0.6) is 5.88 Å². The van der Waals surface area contributed by atoms with E-state index in [1.54, 1.807) is 6.07 Å². The van der Waals surface area contributed by atoms with Crippen LogP contribution in [0.1, 0.15) is 31.3 Å². The monoisotopic (exact) mass is 156 g/mol. The van der Waals surface area contributed by atoms with Crippen LogP contribution in [0.2, 0.25) is 0 Å². The Labute approximate surface area is 66.1 Å². The zero-order valence-corrected chi connectivity index (χ0v) is 7.00. The maximum Gasteiger partial charge on any atom is 0.214 e. The second kappa shape index (κ2) is 2.86. The number of nitrogens with zero attached hydrogens (tertiary/aromatic N) is 2. The molecule has 0 aliphatic rings. The summed E-state index contributed by atoms with van der Waals surface area (Å²) in [5.41, 5.74) is 0.807. The molecule has 1 rings (SSSR count). The van der Waals surface area contributed by atoms with Crippen molar-refractivity contribution in [1.29, 1.82) is 0 Å². The van der Waals surface area contributed by atoms with E-state index in [9.17, 15) is 0 Å². The Bertz CT molecular complexity index is 238. The highest BCUT2D eigenvalue weighted by Crippen LogP contribution is 2.13. The average Bonchev–Trinajstić information content (AvgIpc) is 1.85. The molecule has 1 aromatic heterocycles. The van der Waals surface area contributed by atoms with Gasteiger partial charge in [-0.2, -0.15) is 4.98 Å². The molecule has 0 saturated carbocycles. The number of hydrogen-bond donors (Lipinski definition) is 1. The molecule has 60 valence electrons. The first-order chi connectivity index (χ1) is 5.09. The highest BCUT2D eigenvalue weighted by molar-refractivity contribution is 5.14. The van der Waals surface area contributed by atoms with Crippen LogP contribution in [0, 0.1) is 6.92 Å². The van der Waals surface area contributed by atoms with Crippen molar-refractivity contribution in [2.75, 3.05) is 0 Å². The third-order valence-corrected chi connectivity index (χ3v) is 1.37. The molecule has 3 heteroatoms. The third kappa shape index (κ3) is 1.90. The van der Waals surface area contributed by atoms with E-state index in [-0.39, 0.29) is 11.8 Å². The highest BCUT2D eigenvalue weighted by atomic mass is 16.4. The van der Waals surface area contributed by atoms with Crippen LogP contribution >= 0.6 is 0 Å². The van der Waals surface area contributed by atoms with Crippen LogP contribution in [0.3, 0.4) is 0 Å². The molecule has 0 amide bonds. The van der Waals surface area contributed by atoms with Crippen molar-refractivity contribution >= 4 is 0 Å². The SMILES string of the molecule is CC(C)[13c]1n[13c](C)[13cH][13c](O)n1.